The van der Waals surface area contributed by atoms with Crippen LogP contribution in [0.5, 0.6) is 0 Å². The van der Waals surface area contributed by atoms with Crippen LogP contribution in [0.2, 0.25) is 0 Å². The minimum Gasteiger partial charge on any atom is -0.330 e. The van der Waals surface area contributed by atoms with Crippen LogP contribution >= 0.6 is 0 Å². The zero-order valence-corrected chi connectivity index (χ0v) is 8.42. The van der Waals surface area contributed by atoms with E-state index in [9.17, 15) is 0 Å². The van der Waals surface area contributed by atoms with Crippen molar-refractivity contribution in [1.29, 1.82) is 0 Å². The minimum absolute atomic E-state index is 0.734. The Morgan fingerprint density at radius 2 is 1.83 bits per heavy atom. The number of rotatable bonds is 4. The lowest BCUT2D eigenvalue weighted by Crippen LogP contribution is -2.38. The second-order valence-electron chi connectivity index (χ2n) is 4.13. The lowest BCUT2D eigenvalue weighted by atomic mass is 9.99. The van der Waals surface area contributed by atoms with Crippen molar-refractivity contribution in [3.8, 4) is 0 Å². The first-order valence-corrected chi connectivity index (χ1v) is 5.20. The molecule has 0 aromatic heterocycles. The highest BCUT2D eigenvalue weighted by Crippen LogP contribution is 2.19. The Hall–Kier alpha value is -0.0800. The second kappa shape index (κ2) is 4.83. The van der Waals surface area contributed by atoms with E-state index in [1.807, 2.05) is 0 Å². The van der Waals surface area contributed by atoms with Gasteiger partial charge in [0.2, 0.25) is 0 Å². The largest absolute Gasteiger partial charge is 0.330 e. The molecule has 1 aliphatic rings. The topological polar surface area (TPSA) is 29.3 Å². The van der Waals surface area contributed by atoms with E-state index in [4.69, 9.17) is 5.73 Å². The molecule has 0 aromatic rings. The van der Waals surface area contributed by atoms with Gasteiger partial charge in [-0.15, -0.1) is 0 Å². The summed E-state index contributed by atoms with van der Waals surface area (Å²) < 4.78 is 0. The Kier molecular flexibility index (Phi) is 4.02. The van der Waals surface area contributed by atoms with Gasteiger partial charge in [-0.05, 0) is 44.8 Å². The third-order valence-electron chi connectivity index (χ3n) is 2.84. The molecule has 2 N–H and O–H groups in total. The Morgan fingerprint density at radius 3 is 2.25 bits per heavy atom. The van der Waals surface area contributed by atoms with Gasteiger partial charge in [0.05, 0.1) is 0 Å². The molecule has 1 heterocycles. The Labute approximate surface area is 76.1 Å². The van der Waals surface area contributed by atoms with Crippen molar-refractivity contribution in [2.75, 3.05) is 19.6 Å². The van der Waals surface area contributed by atoms with Gasteiger partial charge in [-0.1, -0.05) is 13.8 Å². The average Bonchev–Trinajstić information content (AvgIpc) is 2.51. The highest BCUT2D eigenvalue weighted by atomic mass is 15.2. The van der Waals surface area contributed by atoms with Crippen molar-refractivity contribution in [1.82, 2.24) is 4.90 Å². The Balaban J connectivity index is 2.40. The molecule has 2 nitrogen and oxygen atoms in total. The standard InChI is InChI=1S/C10H22N2/c1-9(2)10(5-6-11)12-7-3-4-8-12/h9-10H,3-8,11H2,1-2H3. The molecule has 0 amide bonds. The summed E-state index contributed by atoms with van der Waals surface area (Å²) in [6, 6.07) is 0.734. The van der Waals surface area contributed by atoms with Crippen molar-refractivity contribution in [3.05, 3.63) is 0 Å². The molecular formula is C10H22N2. The first-order valence-electron chi connectivity index (χ1n) is 5.20. The summed E-state index contributed by atoms with van der Waals surface area (Å²) in [6.45, 7) is 8.03. The molecule has 1 saturated heterocycles. The van der Waals surface area contributed by atoms with Gasteiger partial charge in [0.25, 0.3) is 0 Å². The normalized spacial score (nSPS) is 22.0. The van der Waals surface area contributed by atoms with Crippen LogP contribution in [-0.2, 0) is 0 Å². The fourth-order valence-corrected chi connectivity index (χ4v) is 2.18. The van der Waals surface area contributed by atoms with Crippen LogP contribution < -0.4 is 5.73 Å². The molecule has 1 rings (SSSR count). The fourth-order valence-electron chi connectivity index (χ4n) is 2.18. The number of likely N-dealkylation sites (tertiary alicyclic amines) is 1. The van der Waals surface area contributed by atoms with E-state index < -0.39 is 0 Å². The van der Waals surface area contributed by atoms with Crippen molar-refractivity contribution >= 4 is 0 Å². The van der Waals surface area contributed by atoms with Crippen LogP contribution in [0.25, 0.3) is 0 Å². The monoisotopic (exact) mass is 170 g/mol. The van der Waals surface area contributed by atoms with Crippen LogP contribution in [0.4, 0.5) is 0 Å². The Bertz CT molecular complexity index is 117. The number of nitrogens with two attached hydrogens (primary N) is 1. The molecule has 2 heteroatoms. The fraction of sp³-hybridized carbons (Fsp3) is 1.00. The van der Waals surface area contributed by atoms with Gasteiger partial charge in [0.1, 0.15) is 0 Å². The maximum atomic E-state index is 5.61. The zero-order valence-electron chi connectivity index (χ0n) is 8.42. The van der Waals surface area contributed by atoms with E-state index in [1.165, 1.54) is 25.9 Å². The van der Waals surface area contributed by atoms with Crippen molar-refractivity contribution in [3.63, 3.8) is 0 Å². The van der Waals surface area contributed by atoms with E-state index in [2.05, 4.69) is 18.7 Å². The SMILES string of the molecule is CC(C)C(CCN)N1CCCC1. The molecule has 0 aromatic carbocycles. The van der Waals surface area contributed by atoms with Gasteiger partial charge >= 0.3 is 0 Å². The third kappa shape index (κ3) is 2.46. The lowest BCUT2D eigenvalue weighted by Gasteiger charge is -2.30. The first kappa shape index (κ1) is 10.0. The van der Waals surface area contributed by atoms with E-state index in [-0.39, 0.29) is 0 Å². The van der Waals surface area contributed by atoms with Gasteiger partial charge in [-0.3, -0.25) is 0 Å². The summed E-state index contributed by atoms with van der Waals surface area (Å²) in [5.41, 5.74) is 5.61. The summed E-state index contributed by atoms with van der Waals surface area (Å²) >= 11 is 0. The quantitative estimate of drug-likeness (QED) is 0.692. The van der Waals surface area contributed by atoms with Gasteiger partial charge in [-0.2, -0.15) is 0 Å². The van der Waals surface area contributed by atoms with Gasteiger partial charge < -0.3 is 10.6 Å². The van der Waals surface area contributed by atoms with Crippen LogP contribution in [0.15, 0.2) is 0 Å². The van der Waals surface area contributed by atoms with Crippen LogP contribution in [0.3, 0.4) is 0 Å². The summed E-state index contributed by atoms with van der Waals surface area (Å²) in [5.74, 6) is 0.756. The van der Waals surface area contributed by atoms with Crippen molar-refractivity contribution < 1.29 is 0 Å². The highest BCUT2D eigenvalue weighted by Gasteiger charge is 2.23. The predicted molar refractivity (Wildman–Crippen MR) is 53.1 cm³/mol. The average molecular weight is 170 g/mol. The molecule has 72 valence electrons. The molecule has 1 fully saturated rings. The van der Waals surface area contributed by atoms with Gasteiger partial charge in [0.15, 0.2) is 0 Å². The summed E-state index contributed by atoms with van der Waals surface area (Å²) in [7, 11) is 0. The van der Waals surface area contributed by atoms with E-state index >= 15 is 0 Å². The molecule has 1 atom stereocenters. The van der Waals surface area contributed by atoms with Gasteiger partial charge in [-0.25, -0.2) is 0 Å². The molecule has 0 spiro atoms. The molecule has 0 aliphatic carbocycles. The minimum atomic E-state index is 0.734. The molecule has 1 aliphatic heterocycles. The molecule has 12 heavy (non-hydrogen) atoms. The smallest absolute Gasteiger partial charge is 0.0130 e. The first-order chi connectivity index (χ1) is 5.75. The predicted octanol–water partition coefficient (Wildman–Crippen LogP) is 1.46. The molecule has 0 bridgehead atoms. The lowest BCUT2D eigenvalue weighted by molar-refractivity contribution is 0.183. The van der Waals surface area contributed by atoms with Crippen molar-refractivity contribution in [2.24, 2.45) is 11.7 Å². The maximum Gasteiger partial charge on any atom is 0.0130 e. The van der Waals surface area contributed by atoms with E-state index in [0.717, 1.165) is 24.9 Å². The summed E-state index contributed by atoms with van der Waals surface area (Å²) in [5, 5.41) is 0. The summed E-state index contributed by atoms with van der Waals surface area (Å²) in [4.78, 5) is 2.61. The molecule has 0 radical (unpaired) electrons. The van der Waals surface area contributed by atoms with E-state index in [0.29, 0.717) is 0 Å². The van der Waals surface area contributed by atoms with Crippen molar-refractivity contribution in [2.45, 2.75) is 39.2 Å². The summed E-state index contributed by atoms with van der Waals surface area (Å²) in [6.07, 6.45) is 3.93. The molecule has 1 unspecified atom stereocenters. The molecule has 0 saturated carbocycles. The van der Waals surface area contributed by atoms with Crippen LogP contribution in [0, 0.1) is 5.92 Å². The number of nitrogens with zero attached hydrogens (tertiary/aromatic N) is 1. The van der Waals surface area contributed by atoms with E-state index in [1.54, 1.807) is 0 Å². The van der Waals surface area contributed by atoms with Crippen LogP contribution in [0.1, 0.15) is 33.1 Å². The second-order valence-corrected chi connectivity index (χ2v) is 4.13. The Morgan fingerprint density at radius 1 is 1.25 bits per heavy atom. The highest BCUT2D eigenvalue weighted by molar-refractivity contribution is 4.78. The maximum absolute atomic E-state index is 5.61. The number of hydrogen-bond acceptors (Lipinski definition) is 2. The zero-order chi connectivity index (χ0) is 8.97. The van der Waals surface area contributed by atoms with Crippen LogP contribution in [-0.4, -0.2) is 30.6 Å². The third-order valence-corrected chi connectivity index (χ3v) is 2.84. The molecular weight excluding hydrogens is 148 g/mol. The van der Waals surface area contributed by atoms with Gasteiger partial charge in [0, 0.05) is 6.04 Å². The number of hydrogen-bond donors (Lipinski definition) is 1.